The van der Waals surface area contributed by atoms with Gasteiger partial charge in [0, 0.05) is 19.0 Å². The fourth-order valence-electron chi connectivity index (χ4n) is 4.15. The summed E-state index contributed by atoms with van der Waals surface area (Å²) in [6.45, 7) is 8.09. The van der Waals surface area contributed by atoms with Gasteiger partial charge in [-0.15, -0.1) is 0 Å². The molecule has 2 aliphatic rings. The highest BCUT2D eigenvalue weighted by molar-refractivity contribution is 5.79. The summed E-state index contributed by atoms with van der Waals surface area (Å²) >= 11 is 0. The van der Waals surface area contributed by atoms with Crippen LogP contribution >= 0.6 is 0 Å². The summed E-state index contributed by atoms with van der Waals surface area (Å²) in [6.07, 6.45) is 0.163. The van der Waals surface area contributed by atoms with Crippen LogP contribution in [0.15, 0.2) is 0 Å². The van der Waals surface area contributed by atoms with E-state index in [0.29, 0.717) is 31.8 Å². The van der Waals surface area contributed by atoms with E-state index in [-0.39, 0.29) is 24.2 Å². The molecular weight excluding hydrogens is 303 g/mol. The van der Waals surface area contributed by atoms with Gasteiger partial charge in [0.2, 0.25) is 5.91 Å². The van der Waals surface area contributed by atoms with Gasteiger partial charge in [0.15, 0.2) is 0 Å². The predicted molar refractivity (Wildman–Crippen MR) is 84.9 cm³/mol. The molecule has 1 heterocycles. The van der Waals surface area contributed by atoms with E-state index in [9.17, 15) is 18.0 Å². The number of likely N-dealkylation sites (tertiary alicyclic amines) is 1. The lowest BCUT2D eigenvalue weighted by Gasteiger charge is -2.33. The van der Waals surface area contributed by atoms with E-state index >= 15 is 0 Å². The zero-order valence-corrected chi connectivity index (χ0v) is 14.6. The molecule has 1 aliphatic carbocycles. The van der Waals surface area contributed by atoms with Gasteiger partial charge in [0.1, 0.15) is 0 Å². The maximum atomic E-state index is 12.9. The lowest BCUT2D eigenvalue weighted by atomic mass is 9.77. The third-order valence-electron chi connectivity index (χ3n) is 5.75. The zero-order valence-electron chi connectivity index (χ0n) is 14.6. The van der Waals surface area contributed by atoms with Crippen LogP contribution in [0.25, 0.3) is 0 Å². The van der Waals surface area contributed by atoms with Crippen molar-refractivity contribution in [1.82, 2.24) is 4.90 Å². The van der Waals surface area contributed by atoms with Crippen molar-refractivity contribution >= 4 is 5.91 Å². The number of halogens is 3. The lowest BCUT2D eigenvalue weighted by Crippen LogP contribution is -2.41. The second-order valence-electron chi connectivity index (χ2n) is 8.42. The fourth-order valence-corrected chi connectivity index (χ4v) is 4.15. The zero-order chi connectivity index (χ0) is 17.3. The third kappa shape index (κ3) is 4.87. The normalized spacial score (nSPS) is 30.9. The Morgan fingerprint density at radius 1 is 0.913 bits per heavy atom. The monoisotopic (exact) mass is 333 g/mol. The molecule has 2 fully saturated rings. The SMILES string of the molecule is CC(C)(C)[C@@H]1CCCN(C(=O)[C@H]2CCC[C@@H](C(F)(F)F)C2)CC1. The largest absolute Gasteiger partial charge is 0.391 e. The van der Waals surface area contributed by atoms with Gasteiger partial charge in [0.25, 0.3) is 0 Å². The molecule has 1 aliphatic heterocycles. The van der Waals surface area contributed by atoms with Gasteiger partial charge in [-0.1, -0.05) is 27.2 Å². The lowest BCUT2D eigenvalue weighted by molar-refractivity contribution is -0.187. The Balaban J connectivity index is 1.95. The Kier molecular flexibility index (Phi) is 5.68. The van der Waals surface area contributed by atoms with Gasteiger partial charge in [-0.2, -0.15) is 13.2 Å². The second kappa shape index (κ2) is 7.02. The minimum Gasteiger partial charge on any atom is -0.342 e. The van der Waals surface area contributed by atoms with Crippen LogP contribution in [0.3, 0.4) is 0 Å². The maximum Gasteiger partial charge on any atom is 0.391 e. The molecule has 0 aromatic carbocycles. The molecule has 3 atom stereocenters. The highest BCUT2D eigenvalue weighted by atomic mass is 19.4. The van der Waals surface area contributed by atoms with Crippen LogP contribution in [0, 0.1) is 23.2 Å². The summed E-state index contributed by atoms with van der Waals surface area (Å²) in [5.41, 5.74) is 0.227. The van der Waals surface area contributed by atoms with Crippen LogP contribution in [0.2, 0.25) is 0 Å². The van der Waals surface area contributed by atoms with Gasteiger partial charge in [0.05, 0.1) is 5.92 Å². The Bertz CT molecular complexity index is 413. The first-order chi connectivity index (χ1) is 10.6. The topological polar surface area (TPSA) is 20.3 Å². The molecule has 5 heteroatoms. The summed E-state index contributed by atoms with van der Waals surface area (Å²) in [4.78, 5) is 14.5. The number of alkyl halides is 3. The predicted octanol–water partition coefficient (Wildman–Crippen LogP) is 5.03. The van der Waals surface area contributed by atoms with E-state index in [1.165, 1.54) is 0 Å². The number of carbonyl (C=O) groups is 1. The van der Waals surface area contributed by atoms with Crippen molar-refractivity contribution in [3.63, 3.8) is 0 Å². The number of nitrogens with zero attached hydrogens (tertiary/aromatic N) is 1. The number of amides is 1. The van der Waals surface area contributed by atoms with E-state index < -0.39 is 18.0 Å². The minimum absolute atomic E-state index is 0.0124. The van der Waals surface area contributed by atoms with Crippen LogP contribution in [0.4, 0.5) is 13.2 Å². The standard InChI is InChI=1S/C18H30F3NO/c1-17(2,3)14-8-5-10-22(11-9-14)16(23)13-6-4-7-15(12-13)18(19,20)21/h13-15H,4-12H2,1-3H3/t13-,14+,15+/m0/s1. The first-order valence-electron chi connectivity index (χ1n) is 8.94. The van der Waals surface area contributed by atoms with Crippen LogP contribution in [-0.4, -0.2) is 30.1 Å². The Morgan fingerprint density at radius 3 is 2.17 bits per heavy atom. The highest BCUT2D eigenvalue weighted by Crippen LogP contribution is 2.41. The quantitative estimate of drug-likeness (QED) is 0.659. The van der Waals surface area contributed by atoms with Gasteiger partial charge < -0.3 is 4.90 Å². The summed E-state index contributed by atoms with van der Waals surface area (Å²) in [5.74, 6) is -1.18. The van der Waals surface area contributed by atoms with Gasteiger partial charge >= 0.3 is 6.18 Å². The molecule has 23 heavy (non-hydrogen) atoms. The molecule has 0 bridgehead atoms. The highest BCUT2D eigenvalue weighted by Gasteiger charge is 2.44. The van der Waals surface area contributed by atoms with Crippen molar-refractivity contribution < 1.29 is 18.0 Å². The molecule has 2 nitrogen and oxygen atoms in total. The van der Waals surface area contributed by atoms with Gasteiger partial charge in [-0.3, -0.25) is 4.79 Å². The average molecular weight is 333 g/mol. The van der Waals surface area contributed by atoms with E-state index in [0.717, 1.165) is 19.3 Å². The van der Waals surface area contributed by atoms with Crippen LogP contribution < -0.4 is 0 Å². The van der Waals surface area contributed by atoms with Crippen molar-refractivity contribution in [3.8, 4) is 0 Å². The van der Waals surface area contributed by atoms with Crippen LogP contribution in [0.5, 0.6) is 0 Å². The molecule has 0 aromatic rings. The molecule has 0 aromatic heterocycles. The molecule has 1 amide bonds. The second-order valence-corrected chi connectivity index (χ2v) is 8.42. The fraction of sp³-hybridized carbons (Fsp3) is 0.944. The van der Waals surface area contributed by atoms with Gasteiger partial charge in [-0.25, -0.2) is 0 Å². The summed E-state index contributed by atoms with van der Waals surface area (Å²) in [5, 5.41) is 0. The summed E-state index contributed by atoms with van der Waals surface area (Å²) in [6, 6.07) is 0. The molecule has 134 valence electrons. The van der Waals surface area contributed by atoms with Crippen molar-refractivity contribution in [2.24, 2.45) is 23.2 Å². The number of hydrogen-bond acceptors (Lipinski definition) is 1. The van der Waals surface area contributed by atoms with Crippen LogP contribution in [0.1, 0.15) is 65.7 Å². The van der Waals surface area contributed by atoms with E-state index in [2.05, 4.69) is 20.8 Å². The number of hydrogen-bond donors (Lipinski definition) is 0. The average Bonchev–Trinajstić information content (AvgIpc) is 2.71. The molecule has 0 radical (unpaired) electrons. The van der Waals surface area contributed by atoms with E-state index in [1.807, 2.05) is 4.90 Å². The van der Waals surface area contributed by atoms with Gasteiger partial charge in [-0.05, 0) is 49.9 Å². The Hall–Kier alpha value is -0.740. The van der Waals surface area contributed by atoms with Crippen molar-refractivity contribution in [1.29, 1.82) is 0 Å². The smallest absolute Gasteiger partial charge is 0.342 e. The van der Waals surface area contributed by atoms with E-state index in [4.69, 9.17) is 0 Å². The molecule has 1 saturated heterocycles. The van der Waals surface area contributed by atoms with Crippen molar-refractivity contribution in [2.75, 3.05) is 13.1 Å². The molecule has 0 unspecified atom stereocenters. The number of carbonyl (C=O) groups excluding carboxylic acids is 1. The molecule has 2 rings (SSSR count). The minimum atomic E-state index is -4.16. The maximum absolute atomic E-state index is 12.9. The Morgan fingerprint density at radius 2 is 1.57 bits per heavy atom. The third-order valence-corrected chi connectivity index (χ3v) is 5.75. The van der Waals surface area contributed by atoms with Crippen LogP contribution in [-0.2, 0) is 4.79 Å². The summed E-state index contributed by atoms with van der Waals surface area (Å²) in [7, 11) is 0. The van der Waals surface area contributed by atoms with Crippen molar-refractivity contribution in [3.05, 3.63) is 0 Å². The van der Waals surface area contributed by atoms with Crippen molar-refractivity contribution in [2.45, 2.75) is 71.9 Å². The first kappa shape index (κ1) is 18.6. The molecule has 1 saturated carbocycles. The first-order valence-corrected chi connectivity index (χ1v) is 8.94. The van der Waals surface area contributed by atoms with E-state index in [1.54, 1.807) is 0 Å². The number of rotatable bonds is 1. The molecule has 0 spiro atoms. The Labute approximate surface area is 137 Å². The molecule has 0 N–H and O–H groups in total. The molecular formula is C18H30F3NO. The summed E-state index contributed by atoms with van der Waals surface area (Å²) < 4.78 is 38.8.